The Bertz CT molecular complexity index is 430. The van der Waals surface area contributed by atoms with Gasteiger partial charge in [-0.2, -0.15) is 0 Å². The van der Waals surface area contributed by atoms with Crippen LogP contribution in [0.1, 0.15) is 42.6 Å². The molecule has 0 radical (unpaired) electrons. The minimum atomic E-state index is -0.431. The van der Waals surface area contributed by atoms with Crippen LogP contribution in [0.3, 0.4) is 0 Å². The summed E-state index contributed by atoms with van der Waals surface area (Å²) in [5.74, 6) is -0.431. The lowest BCUT2D eigenvalue weighted by Gasteiger charge is -2.22. The Hall–Kier alpha value is -2.11. The van der Waals surface area contributed by atoms with Gasteiger partial charge < -0.3 is 5.32 Å². The number of nitrogens with zero attached hydrogens (tertiary/aromatic N) is 1. The number of urea groups is 1. The zero-order chi connectivity index (χ0) is 13.5. The van der Waals surface area contributed by atoms with Crippen molar-refractivity contribution >= 4 is 11.9 Å². The summed E-state index contributed by atoms with van der Waals surface area (Å²) < 4.78 is 0. The number of amides is 3. The van der Waals surface area contributed by atoms with Gasteiger partial charge in [0.1, 0.15) is 5.69 Å². The monoisotopic (exact) mass is 262 g/mol. The summed E-state index contributed by atoms with van der Waals surface area (Å²) in [6, 6.07) is 4.84. The van der Waals surface area contributed by atoms with E-state index >= 15 is 0 Å². The maximum atomic E-state index is 11.6. The molecule has 1 fully saturated rings. The molecule has 0 unspecified atom stereocenters. The molecule has 3 N–H and O–H groups in total. The van der Waals surface area contributed by atoms with Crippen molar-refractivity contribution in [1.82, 2.24) is 21.2 Å². The summed E-state index contributed by atoms with van der Waals surface area (Å²) in [6.45, 7) is 0. The van der Waals surface area contributed by atoms with Gasteiger partial charge in [0.25, 0.3) is 5.91 Å². The summed E-state index contributed by atoms with van der Waals surface area (Å²) in [6.07, 6.45) is 7.05. The maximum absolute atomic E-state index is 11.6. The molecule has 0 bridgehead atoms. The number of hydrogen-bond acceptors (Lipinski definition) is 3. The van der Waals surface area contributed by atoms with Gasteiger partial charge in [0.05, 0.1) is 0 Å². The summed E-state index contributed by atoms with van der Waals surface area (Å²) in [5.41, 5.74) is 4.93. The van der Waals surface area contributed by atoms with Crippen LogP contribution in [-0.4, -0.2) is 23.0 Å². The van der Waals surface area contributed by atoms with Gasteiger partial charge in [-0.3, -0.25) is 15.2 Å². The van der Waals surface area contributed by atoms with Gasteiger partial charge in [-0.1, -0.05) is 25.3 Å². The van der Waals surface area contributed by atoms with Gasteiger partial charge in [0.15, 0.2) is 0 Å². The van der Waals surface area contributed by atoms with Crippen LogP contribution >= 0.6 is 0 Å². The zero-order valence-electron chi connectivity index (χ0n) is 10.7. The largest absolute Gasteiger partial charge is 0.334 e. The van der Waals surface area contributed by atoms with E-state index in [-0.39, 0.29) is 17.8 Å². The van der Waals surface area contributed by atoms with Gasteiger partial charge in [-0.15, -0.1) is 0 Å². The molecule has 0 spiro atoms. The minimum absolute atomic E-state index is 0.209. The van der Waals surface area contributed by atoms with E-state index in [0.717, 1.165) is 25.7 Å². The van der Waals surface area contributed by atoms with Crippen molar-refractivity contribution in [3.63, 3.8) is 0 Å². The Morgan fingerprint density at radius 1 is 1.11 bits per heavy atom. The van der Waals surface area contributed by atoms with Gasteiger partial charge in [0, 0.05) is 12.2 Å². The molecule has 1 saturated carbocycles. The van der Waals surface area contributed by atoms with E-state index in [2.05, 4.69) is 21.2 Å². The average Bonchev–Trinajstić information content (AvgIpc) is 2.47. The Morgan fingerprint density at radius 2 is 1.89 bits per heavy atom. The second-order valence-electron chi connectivity index (χ2n) is 4.60. The molecule has 1 aliphatic carbocycles. The Morgan fingerprint density at radius 3 is 2.58 bits per heavy atom. The van der Waals surface area contributed by atoms with Crippen LogP contribution in [0.5, 0.6) is 0 Å². The number of nitrogens with one attached hydrogen (secondary N) is 3. The van der Waals surface area contributed by atoms with E-state index in [1.807, 2.05) is 0 Å². The highest BCUT2D eigenvalue weighted by Crippen LogP contribution is 2.16. The second kappa shape index (κ2) is 6.72. The van der Waals surface area contributed by atoms with E-state index in [1.165, 1.54) is 12.6 Å². The summed E-state index contributed by atoms with van der Waals surface area (Å²) in [7, 11) is 0. The first-order chi connectivity index (χ1) is 9.25. The standard InChI is InChI=1S/C13H18N4O2/c18-12(11-8-4-5-9-14-11)16-17-13(19)15-10-6-2-1-3-7-10/h4-5,8-10H,1-3,6-7H2,(H,16,18)(H2,15,17,19). The van der Waals surface area contributed by atoms with E-state index in [9.17, 15) is 9.59 Å². The first-order valence-corrected chi connectivity index (χ1v) is 6.53. The van der Waals surface area contributed by atoms with Crippen LogP contribution in [0.25, 0.3) is 0 Å². The third-order valence-corrected chi connectivity index (χ3v) is 3.13. The van der Waals surface area contributed by atoms with Crippen LogP contribution in [0, 0.1) is 0 Å². The van der Waals surface area contributed by atoms with Gasteiger partial charge in [0.2, 0.25) is 0 Å². The van der Waals surface area contributed by atoms with Crippen molar-refractivity contribution in [1.29, 1.82) is 0 Å². The molecular weight excluding hydrogens is 244 g/mol. The van der Waals surface area contributed by atoms with E-state index < -0.39 is 5.91 Å². The number of rotatable bonds is 2. The van der Waals surface area contributed by atoms with E-state index in [0.29, 0.717) is 0 Å². The van der Waals surface area contributed by atoms with Gasteiger partial charge in [-0.05, 0) is 25.0 Å². The molecule has 0 aliphatic heterocycles. The molecule has 1 aromatic heterocycles. The predicted octanol–water partition coefficient (Wildman–Crippen LogP) is 1.36. The Labute approximate surface area is 112 Å². The molecule has 0 atom stereocenters. The van der Waals surface area contributed by atoms with Crippen molar-refractivity contribution in [3.8, 4) is 0 Å². The lowest BCUT2D eigenvalue weighted by atomic mass is 9.96. The fourth-order valence-electron chi connectivity index (χ4n) is 2.14. The van der Waals surface area contributed by atoms with Crippen LogP contribution in [-0.2, 0) is 0 Å². The molecule has 0 saturated heterocycles. The number of hydrogen-bond donors (Lipinski definition) is 3. The van der Waals surface area contributed by atoms with Crippen LogP contribution in [0.15, 0.2) is 24.4 Å². The smallest absolute Gasteiger partial charge is 0.333 e. The van der Waals surface area contributed by atoms with Gasteiger partial charge >= 0.3 is 6.03 Å². The summed E-state index contributed by atoms with van der Waals surface area (Å²) in [5, 5.41) is 2.84. The molecule has 2 rings (SSSR count). The van der Waals surface area contributed by atoms with Crippen LogP contribution in [0.2, 0.25) is 0 Å². The molecular formula is C13H18N4O2. The number of carbonyl (C=O) groups excluding carboxylic acids is 2. The lowest BCUT2D eigenvalue weighted by molar-refractivity contribution is 0.0930. The molecule has 1 heterocycles. The molecule has 6 heteroatoms. The maximum Gasteiger partial charge on any atom is 0.333 e. The highest BCUT2D eigenvalue weighted by atomic mass is 16.2. The SMILES string of the molecule is O=C(NNC(=O)c1ccccn1)NC1CCCCC1. The summed E-state index contributed by atoms with van der Waals surface area (Å²) in [4.78, 5) is 27.1. The molecule has 3 amide bonds. The third-order valence-electron chi connectivity index (χ3n) is 3.13. The predicted molar refractivity (Wildman–Crippen MR) is 70.2 cm³/mol. The Balaban J connectivity index is 1.72. The van der Waals surface area contributed by atoms with Crippen molar-refractivity contribution in [2.45, 2.75) is 38.1 Å². The van der Waals surface area contributed by atoms with Crippen LogP contribution < -0.4 is 16.2 Å². The minimum Gasteiger partial charge on any atom is -0.334 e. The topological polar surface area (TPSA) is 83.1 Å². The molecule has 102 valence electrons. The Kier molecular flexibility index (Phi) is 4.72. The molecule has 19 heavy (non-hydrogen) atoms. The highest BCUT2D eigenvalue weighted by molar-refractivity contribution is 5.93. The van der Waals surface area contributed by atoms with Crippen LogP contribution in [0.4, 0.5) is 4.79 Å². The zero-order valence-corrected chi connectivity index (χ0v) is 10.7. The fraction of sp³-hybridized carbons (Fsp3) is 0.462. The van der Waals surface area contributed by atoms with Gasteiger partial charge in [-0.25, -0.2) is 10.2 Å². The fourth-order valence-corrected chi connectivity index (χ4v) is 2.14. The summed E-state index contributed by atoms with van der Waals surface area (Å²) >= 11 is 0. The third kappa shape index (κ3) is 4.24. The van der Waals surface area contributed by atoms with E-state index in [1.54, 1.807) is 18.2 Å². The van der Waals surface area contributed by atoms with Crippen molar-refractivity contribution in [2.24, 2.45) is 0 Å². The molecule has 1 aliphatic rings. The number of carbonyl (C=O) groups is 2. The number of hydrazine groups is 1. The average molecular weight is 262 g/mol. The van der Waals surface area contributed by atoms with Crippen molar-refractivity contribution < 1.29 is 9.59 Å². The molecule has 1 aromatic rings. The van der Waals surface area contributed by atoms with Crippen molar-refractivity contribution in [3.05, 3.63) is 30.1 Å². The lowest BCUT2D eigenvalue weighted by Crippen LogP contribution is -2.50. The first kappa shape index (κ1) is 13.3. The first-order valence-electron chi connectivity index (χ1n) is 6.53. The molecule has 0 aromatic carbocycles. The normalized spacial score (nSPS) is 15.6. The number of pyridine rings is 1. The quantitative estimate of drug-likeness (QED) is 0.704. The van der Waals surface area contributed by atoms with Crippen molar-refractivity contribution in [2.75, 3.05) is 0 Å². The second-order valence-corrected chi connectivity index (χ2v) is 4.60. The van der Waals surface area contributed by atoms with E-state index in [4.69, 9.17) is 0 Å². The molecule has 6 nitrogen and oxygen atoms in total. The highest BCUT2D eigenvalue weighted by Gasteiger charge is 2.16. The number of aromatic nitrogens is 1.